The third kappa shape index (κ3) is 9.72. The first kappa shape index (κ1) is 46.7. The normalized spacial score (nSPS) is 28.3. The average Bonchev–Trinajstić information content (AvgIpc) is 4.08. The second-order valence-corrected chi connectivity index (χ2v) is 20.1. The highest BCUT2D eigenvalue weighted by atomic mass is 32.2. The Morgan fingerprint density at radius 2 is 1.82 bits per heavy atom. The maximum absolute atomic E-state index is 15.1. The summed E-state index contributed by atoms with van der Waals surface area (Å²) in [6, 6.07) is 2.47. The van der Waals surface area contributed by atoms with Gasteiger partial charge in [0.2, 0.25) is 27.7 Å². The van der Waals surface area contributed by atoms with Gasteiger partial charge < -0.3 is 39.2 Å². The summed E-state index contributed by atoms with van der Waals surface area (Å²) in [7, 11) is -1.12. The SMILES string of the molecule is CCOc1cnc(O[C@@H]2C[C@H]3C(=O)N[C@]4(C(=O)NS(=O)(=O)C5(C)CC5)CC4/C=C\CC[C@H](C)C[C@@H](COC)[C@H](NC(=O)OC(C)(C)C(C)(F)F)C(=O)N3C2)c2ccc(OC)cc12. The molecule has 3 fully saturated rings. The van der Waals surface area contributed by atoms with E-state index in [0.29, 0.717) is 67.9 Å². The first-order valence-corrected chi connectivity index (χ1v) is 22.5. The Morgan fingerprint density at radius 3 is 2.47 bits per heavy atom. The highest BCUT2D eigenvalue weighted by Crippen LogP contribution is 2.48. The summed E-state index contributed by atoms with van der Waals surface area (Å²) in [5.41, 5.74) is -3.91. The molecule has 4 amide bonds. The van der Waals surface area contributed by atoms with Crippen LogP contribution in [0, 0.1) is 17.8 Å². The molecule has 1 aromatic heterocycles. The standard InChI is InChI=1S/C43H59F2N5O11S/c1-9-59-33-22-46-36(30-15-14-28(58-8)19-31(30)33)60-29-20-32-35(51)48-43(38(53)49-62(55,56)41(5)16-17-41)21-27(43)13-11-10-12-25(2)18-26(24-57-7)34(37(52)50(32)23-29)47-39(54)61-40(3,4)42(6,44)45/h11,13-15,19,22,25-27,29,32,34H,9-10,12,16-18,20-21,23-24H2,1-8H3,(H,47,54)(H,48,51)(H,49,53)/b13-11-/t25-,26-,27?,29+,32-,34-,43+/m0/s1. The zero-order chi connectivity index (χ0) is 45.4. The van der Waals surface area contributed by atoms with Crippen LogP contribution in [0.2, 0.25) is 0 Å². The van der Waals surface area contributed by atoms with E-state index in [-0.39, 0.29) is 37.8 Å². The number of sulfonamides is 1. The molecule has 2 aliphatic heterocycles. The molecule has 0 spiro atoms. The molecule has 6 rings (SSSR count). The van der Waals surface area contributed by atoms with Crippen LogP contribution in [-0.2, 0) is 33.9 Å². The minimum Gasteiger partial charge on any atom is -0.497 e. The van der Waals surface area contributed by atoms with Crippen molar-refractivity contribution >= 4 is 44.6 Å². The zero-order valence-corrected chi connectivity index (χ0v) is 37.4. The van der Waals surface area contributed by atoms with Crippen molar-refractivity contribution in [1.29, 1.82) is 0 Å². The molecule has 2 saturated carbocycles. The van der Waals surface area contributed by atoms with Gasteiger partial charge in [-0.15, -0.1) is 0 Å². The number of nitrogens with zero attached hydrogens (tertiary/aromatic N) is 2. The Hall–Kier alpha value is -4.78. The lowest BCUT2D eigenvalue weighted by Crippen LogP contribution is -2.60. The van der Waals surface area contributed by atoms with E-state index in [1.165, 1.54) is 25.3 Å². The number of hydrogen-bond donors (Lipinski definition) is 3. The Kier molecular flexibility index (Phi) is 13.4. The molecule has 19 heteroatoms. The molecule has 1 saturated heterocycles. The van der Waals surface area contributed by atoms with Gasteiger partial charge in [0.1, 0.15) is 35.2 Å². The highest BCUT2D eigenvalue weighted by molar-refractivity contribution is 7.91. The second kappa shape index (κ2) is 17.8. The van der Waals surface area contributed by atoms with Crippen molar-refractivity contribution in [2.75, 3.05) is 34.0 Å². The number of rotatable bonds is 13. The lowest BCUT2D eigenvalue weighted by molar-refractivity contribution is -0.152. The van der Waals surface area contributed by atoms with Crippen molar-refractivity contribution in [3.05, 3.63) is 36.5 Å². The molecule has 1 unspecified atom stereocenters. The lowest BCUT2D eigenvalue weighted by Gasteiger charge is -2.35. The fraction of sp³-hybridized carbons (Fsp3) is 0.651. The zero-order valence-electron chi connectivity index (χ0n) is 36.5. The van der Waals surface area contributed by atoms with Crippen LogP contribution in [-0.4, -0.2) is 116 Å². The number of hydrogen-bond acceptors (Lipinski definition) is 12. The number of allylic oxidation sites excluding steroid dienone is 1. The number of ether oxygens (including phenoxy) is 5. The van der Waals surface area contributed by atoms with Gasteiger partial charge in [-0.2, -0.15) is 0 Å². The maximum atomic E-state index is 15.1. The Morgan fingerprint density at radius 1 is 1.10 bits per heavy atom. The molecular formula is C43H59F2N5O11S. The first-order chi connectivity index (χ1) is 29.1. The molecule has 3 N–H and O–H groups in total. The molecule has 3 heterocycles. The van der Waals surface area contributed by atoms with Crippen LogP contribution in [0.3, 0.4) is 0 Å². The average molecular weight is 892 g/mol. The number of carbonyl (C=O) groups excluding carboxylic acids is 4. The van der Waals surface area contributed by atoms with E-state index in [2.05, 4.69) is 20.3 Å². The minimum atomic E-state index is -4.08. The number of alkyl carbamates (subject to hydrolysis) is 1. The van der Waals surface area contributed by atoms with Gasteiger partial charge in [0.05, 0.1) is 37.8 Å². The molecular weight excluding hydrogens is 833 g/mol. The fourth-order valence-corrected chi connectivity index (χ4v) is 9.40. The third-order valence-corrected chi connectivity index (χ3v) is 14.9. The molecule has 342 valence electrons. The van der Waals surface area contributed by atoms with Crippen molar-refractivity contribution < 1.29 is 60.1 Å². The molecule has 2 aromatic rings. The minimum absolute atomic E-state index is 0.0286. The lowest BCUT2D eigenvalue weighted by atomic mass is 9.87. The highest BCUT2D eigenvalue weighted by Gasteiger charge is 2.63. The number of nitrogens with one attached hydrogen (secondary N) is 3. The summed E-state index contributed by atoms with van der Waals surface area (Å²) in [6.45, 7) is 8.19. The number of methoxy groups -OCH3 is 2. The van der Waals surface area contributed by atoms with Crippen LogP contribution in [0.1, 0.15) is 86.5 Å². The largest absolute Gasteiger partial charge is 0.497 e. The van der Waals surface area contributed by atoms with Crippen LogP contribution in [0.4, 0.5) is 13.6 Å². The second-order valence-electron chi connectivity index (χ2n) is 17.9. The topological polar surface area (TPSA) is 201 Å². The molecule has 16 nitrogen and oxygen atoms in total. The predicted octanol–water partition coefficient (Wildman–Crippen LogP) is 5.03. The summed E-state index contributed by atoms with van der Waals surface area (Å²) in [6.07, 6.45) is 5.27. The van der Waals surface area contributed by atoms with E-state index < -0.39 is 85.7 Å². The van der Waals surface area contributed by atoms with Crippen molar-refractivity contribution in [3.63, 3.8) is 0 Å². The number of fused-ring (bicyclic) bond motifs is 3. The van der Waals surface area contributed by atoms with Crippen LogP contribution >= 0.6 is 0 Å². The monoisotopic (exact) mass is 891 g/mol. The molecule has 1 aromatic carbocycles. The summed E-state index contributed by atoms with van der Waals surface area (Å²) >= 11 is 0. The van der Waals surface area contributed by atoms with E-state index in [0.717, 1.165) is 13.8 Å². The van der Waals surface area contributed by atoms with Crippen molar-refractivity contribution in [2.24, 2.45) is 17.8 Å². The Balaban J connectivity index is 1.39. The number of benzene rings is 1. The number of alkyl halides is 2. The molecule has 4 aliphatic rings. The summed E-state index contributed by atoms with van der Waals surface area (Å²) < 4.78 is 85.3. The quantitative estimate of drug-likeness (QED) is 0.227. The molecule has 7 atom stereocenters. The van der Waals surface area contributed by atoms with Crippen LogP contribution in [0.15, 0.2) is 36.5 Å². The van der Waals surface area contributed by atoms with Gasteiger partial charge in [-0.25, -0.2) is 27.0 Å². The third-order valence-electron chi connectivity index (χ3n) is 12.7. The number of pyridine rings is 1. The fourth-order valence-electron chi connectivity index (χ4n) is 8.09. The van der Waals surface area contributed by atoms with Crippen molar-refractivity contribution in [2.45, 2.75) is 126 Å². The van der Waals surface area contributed by atoms with Crippen molar-refractivity contribution in [3.8, 4) is 17.4 Å². The number of amides is 4. The van der Waals surface area contributed by atoms with E-state index in [4.69, 9.17) is 23.7 Å². The van der Waals surface area contributed by atoms with Crippen LogP contribution in [0.5, 0.6) is 17.4 Å². The van der Waals surface area contributed by atoms with Gasteiger partial charge in [-0.3, -0.25) is 19.1 Å². The maximum Gasteiger partial charge on any atom is 0.408 e. The van der Waals surface area contributed by atoms with Gasteiger partial charge >= 0.3 is 6.09 Å². The van der Waals surface area contributed by atoms with Gasteiger partial charge in [-0.05, 0) is 90.3 Å². The van der Waals surface area contributed by atoms with Crippen molar-refractivity contribution in [1.82, 2.24) is 25.2 Å². The first-order valence-electron chi connectivity index (χ1n) is 21.1. The van der Waals surface area contributed by atoms with Gasteiger partial charge in [-0.1, -0.05) is 19.1 Å². The van der Waals surface area contributed by atoms with Crippen LogP contribution < -0.4 is 29.6 Å². The van der Waals surface area contributed by atoms with E-state index in [9.17, 15) is 31.6 Å². The number of aromatic nitrogens is 1. The number of halogens is 2. The van der Waals surface area contributed by atoms with E-state index in [1.807, 2.05) is 19.9 Å². The molecule has 2 aliphatic carbocycles. The Bertz CT molecular complexity index is 2180. The summed E-state index contributed by atoms with van der Waals surface area (Å²) in [4.78, 5) is 63.1. The Labute approximate surface area is 361 Å². The van der Waals surface area contributed by atoms with Gasteiger partial charge in [0.15, 0.2) is 5.60 Å². The summed E-state index contributed by atoms with van der Waals surface area (Å²) in [5.74, 6) is -5.98. The van der Waals surface area contributed by atoms with E-state index >= 15 is 4.79 Å². The van der Waals surface area contributed by atoms with Gasteiger partial charge in [0, 0.05) is 43.1 Å². The smallest absolute Gasteiger partial charge is 0.408 e. The van der Waals surface area contributed by atoms with Gasteiger partial charge in [0.25, 0.3) is 11.8 Å². The van der Waals surface area contributed by atoms with Crippen LogP contribution in [0.25, 0.3) is 10.8 Å². The summed E-state index contributed by atoms with van der Waals surface area (Å²) in [5, 5.41) is 6.58. The molecule has 0 bridgehead atoms. The van der Waals surface area contributed by atoms with E-state index in [1.54, 1.807) is 31.2 Å². The molecule has 0 radical (unpaired) electrons. The predicted molar refractivity (Wildman–Crippen MR) is 223 cm³/mol. The molecule has 62 heavy (non-hydrogen) atoms. The number of carbonyl (C=O) groups is 4.